The molecule has 0 fully saturated rings. The number of aliphatic carboxylic acids is 1. The van der Waals surface area contributed by atoms with Crippen molar-refractivity contribution in [1.82, 2.24) is 10.2 Å². The second kappa shape index (κ2) is 10.4. The average Bonchev–Trinajstić information content (AvgIpc) is 2.57. The van der Waals surface area contributed by atoms with E-state index in [9.17, 15) is 14.4 Å². The number of carboxylic acid groups (broad SMARTS) is 1. The van der Waals surface area contributed by atoms with Crippen LogP contribution in [0.1, 0.15) is 38.1 Å². The molecule has 0 atom stereocenters. The number of carbonyl (C=O) groups is 3. The number of hydrogen-bond donors (Lipinski definition) is 2. The Morgan fingerprint density at radius 3 is 2.33 bits per heavy atom. The van der Waals surface area contributed by atoms with Crippen molar-refractivity contribution in [2.75, 3.05) is 26.8 Å². The summed E-state index contributed by atoms with van der Waals surface area (Å²) in [5.41, 5.74) is 0.285. The first-order chi connectivity index (χ1) is 12.6. The molecule has 2 N–H and O–H groups in total. The van der Waals surface area contributed by atoms with Crippen molar-refractivity contribution in [3.05, 3.63) is 23.8 Å². The Balaban J connectivity index is 2.94. The van der Waals surface area contributed by atoms with Gasteiger partial charge >= 0.3 is 5.97 Å². The van der Waals surface area contributed by atoms with E-state index in [1.807, 2.05) is 27.7 Å². The van der Waals surface area contributed by atoms with Gasteiger partial charge in [0.2, 0.25) is 0 Å². The second-order valence-electron chi connectivity index (χ2n) is 6.85. The summed E-state index contributed by atoms with van der Waals surface area (Å²) in [7, 11) is 1.42. The summed E-state index contributed by atoms with van der Waals surface area (Å²) in [5, 5.41) is 11.8. The minimum Gasteiger partial charge on any atom is -0.493 e. The van der Waals surface area contributed by atoms with E-state index in [-0.39, 0.29) is 42.3 Å². The average molecular weight is 380 g/mol. The van der Waals surface area contributed by atoms with Gasteiger partial charge in [0.1, 0.15) is 6.54 Å². The molecular formula is C19H28N2O6. The van der Waals surface area contributed by atoms with Crippen molar-refractivity contribution in [3.63, 3.8) is 0 Å². The summed E-state index contributed by atoms with van der Waals surface area (Å²) < 4.78 is 10.7. The van der Waals surface area contributed by atoms with Gasteiger partial charge in [-0.25, -0.2) is 0 Å². The van der Waals surface area contributed by atoms with Crippen LogP contribution in [0.25, 0.3) is 0 Å². The highest BCUT2D eigenvalue weighted by atomic mass is 16.5. The van der Waals surface area contributed by atoms with Crippen LogP contribution in [0, 0.1) is 5.92 Å². The summed E-state index contributed by atoms with van der Waals surface area (Å²) in [6.07, 6.45) is 0. The zero-order valence-electron chi connectivity index (χ0n) is 16.4. The third-order valence-corrected chi connectivity index (χ3v) is 3.42. The fourth-order valence-electron chi connectivity index (χ4n) is 2.43. The molecule has 0 heterocycles. The molecule has 0 aromatic heterocycles. The molecule has 150 valence electrons. The highest BCUT2D eigenvalue weighted by Gasteiger charge is 2.21. The lowest BCUT2D eigenvalue weighted by molar-refractivity contribution is -0.137. The molecule has 1 rings (SSSR count). The van der Waals surface area contributed by atoms with E-state index < -0.39 is 11.9 Å². The molecule has 0 aliphatic heterocycles. The Bertz CT molecular complexity index is 672. The third kappa shape index (κ3) is 7.55. The molecule has 0 spiro atoms. The minimum absolute atomic E-state index is 0.00386. The highest BCUT2D eigenvalue weighted by molar-refractivity contribution is 5.96. The van der Waals surface area contributed by atoms with Crippen molar-refractivity contribution >= 4 is 17.8 Å². The lowest BCUT2D eigenvalue weighted by atomic mass is 10.1. The summed E-state index contributed by atoms with van der Waals surface area (Å²) in [6, 6.07) is 4.54. The molecule has 2 amide bonds. The number of benzene rings is 1. The molecule has 1 aromatic carbocycles. The smallest absolute Gasteiger partial charge is 0.323 e. The van der Waals surface area contributed by atoms with Crippen molar-refractivity contribution in [3.8, 4) is 11.5 Å². The topological polar surface area (TPSA) is 105 Å². The Kier molecular flexibility index (Phi) is 8.58. The second-order valence-corrected chi connectivity index (χ2v) is 6.85. The zero-order valence-corrected chi connectivity index (χ0v) is 16.4. The maximum Gasteiger partial charge on any atom is 0.323 e. The van der Waals surface area contributed by atoms with Gasteiger partial charge in [-0.1, -0.05) is 13.8 Å². The van der Waals surface area contributed by atoms with Gasteiger partial charge in [-0.2, -0.15) is 0 Å². The molecule has 0 aliphatic carbocycles. The van der Waals surface area contributed by atoms with Gasteiger partial charge in [0, 0.05) is 18.2 Å². The van der Waals surface area contributed by atoms with Crippen LogP contribution >= 0.6 is 0 Å². The normalized spacial score (nSPS) is 10.6. The molecule has 8 nitrogen and oxygen atoms in total. The first-order valence-electron chi connectivity index (χ1n) is 8.75. The largest absolute Gasteiger partial charge is 0.493 e. The molecule has 0 aliphatic rings. The highest BCUT2D eigenvalue weighted by Crippen LogP contribution is 2.28. The molecular weight excluding hydrogens is 352 g/mol. The molecule has 0 radical (unpaired) electrons. The van der Waals surface area contributed by atoms with E-state index in [0.717, 1.165) is 0 Å². The van der Waals surface area contributed by atoms with Crippen molar-refractivity contribution in [2.24, 2.45) is 5.92 Å². The van der Waals surface area contributed by atoms with E-state index in [1.54, 1.807) is 0 Å². The SMILES string of the molecule is COc1cc(C(=O)N(CC(=O)O)CC(C)C)ccc1OCC(=O)NC(C)C. The number of nitrogens with zero attached hydrogens (tertiary/aromatic N) is 1. The quantitative estimate of drug-likeness (QED) is 0.641. The van der Waals surface area contributed by atoms with Crippen LogP contribution in [0.3, 0.4) is 0 Å². The first kappa shape index (κ1) is 22.3. The Labute approximate surface area is 159 Å². The van der Waals surface area contributed by atoms with Crippen molar-refractivity contribution in [1.29, 1.82) is 0 Å². The fourth-order valence-corrected chi connectivity index (χ4v) is 2.43. The van der Waals surface area contributed by atoms with Crippen LogP contribution in [0.5, 0.6) is 11.5 Å². The monoisotopic (exact) mass is 380 g/mol. The number of carboxylic acids is 1. The summed E-state index contributed by atoms with van der Waals surface area (Å²) in [6.45, 7) is 7.26. The van der Waals surface area contributed by atoms with Gasteiger partial charge in [0.25, 0.3) is 11.8 Å². The summed E-state index contributed by atoms with van der Waals surface area (Å²) >= 11 is 0. The maximum absolute atomic E-state index is 12.7. The number of carbonyl (C=O) groups excluding carboxylic acids is 2. The summed E-state index contributed by atoms with van der Waals surface area (Å²) in [5.74, 6) is -1.02. The van der Waals surface area contributed by atoms with Crippen LogP contribution in [-0.4, -0.2) is 60.6 Å². The Hall–Kier alpha value is -2.77. The van der Waals surface area contributed by atoms with E-state index in [2.05, 4.69) is 5.32 Å². The Morgan fingerprint density at radius 2 is 1.81 bits per heavy atom. The standard InChI is InChI=1S/C19H28N2O6/c1-12(2)9-21(10-18(23)24)19(25)14-6-7-15(16(8-14)26-5)27-11-17(22)20-13(3)4/h6-8,12-13H,9-11H2,1-5H3,(H,20,22)(H,23,24). The number of amides is 2. The fraction of sp³-hybridized carbons (Fsp3) is 0.526. The molecule has 8 heteroatoms. The summed E-state index contributed by atoms with van der Waals surface area (Å²) in [4.78, 5) is 36.7. The zero-order chi connectivity index (χ0) is 20.6. The minimum atomic E-state index is -1.08. The molecule has 0 bridgehead atoms. The molecule has 1 aromatic rings. The van der Waals surface area contributed by atoms with Crippen LogP contribution in [0.2, 0.25) is 0 Å². The molecule has 0 saturated heterocycles. The van der Waals surface area contributed by atoms with E-state index in [0.29, 0.717) is 12.3 Å². The van der Waals surface area contributed by atoms with Crippen molar-refractivity contribution < 1.29 is 29.0 Å². The first-order valence-corrected chi connectivity index (χ1v) is 8.75. The van der Waals surface area contributed by atoms with Crippen LogP contribution in [0.4, 0.5) is 0 Å². The number of methoxy groups -OCH3 is 1. The van der Waals surface area contributed by atoms with Crippen LogP contribution < -0.4 is 14.8 Å². The lowest BCUT2D eigenvalue weighted by Crippen LogP contribution is -2.38. The predicted octanol–water partition coefficient (Wildman–Crippen LogP) is 1.78. The number of hydrogen-bond acceptors (Lipinski definition) is 5. The van der Waals surface area contributed by atoms with Gasteiger partial charge in [-0.05, 0) is 38.0 Å². The van der Waals surface area contributed by atoms with Gasteiger partial charge in [0.15, 0.2) is 18.1 Å². The molecule has 0 unspecified atom stereocenters. The van der Waals surface area contributed by atoms with Gasteiger partial charge in [-0.15, -0.1) is 0 Å². The number of rotatable bonds is 10. The number of nitrogens with one attached hydrogen (secondary N) is 1. The van der Waals surface area contributed by atoms with Gasteiger partial charge < -0.3 is 24.8 Å². The third-order valence-electron chi connectivity index (χ3n) is 3.42. The Morgan fingerprint density at radius 1 is 1.15 bits per heavy atom. The number of ether oxygens (including phenoxy) is 2. The molecule has 27 heavy (non-hydrogen) atoms. The van der Waals surface area contributed by atoms with E-state index in [4.69, 9.17) is 14.6 Å². The van der Waals surface area contributed by atoms with Gasteiger partial charge in [-0.3, -0.25) is 14.4 Å². The van der Waals surface area contributed by atoms with Crippen LogP contribution in [-0.2, 0) is 9.59 Å². The van der Waals surface area contributed by atoms with Crippen molar-refractivity contribution in [2.45, 2.75) is 33.7 Å². The maximum atomic E-state index is 12.7. The predicted molar refractivity (Wildman–Crippen MR) is 100 cm³/mol. The van der Waals surface area contributed by atoms with E-state index >= 15 is 0 Å². The van der Waals surface area contributed by atoms with E-state index in [1.165, 1.54) is 30.2 Å². The van der Waals surface area contributed by atoms with Crippen LogP contribution in [0.15, 0.2) is 18.2 Å². The molecule has 0 saturated carbocycles. The van der Waals surface area contributed by atoms with Gasteiger partial charge in [0.05, 0.1) is 7.11 Å². The lowest BCUT2D eigenvalue weighted by Gasteiger charge is -2.23.